The molecule has 0 aliphatic carbocycles. The van der Waals surface area contributed by atoms with Gasteiger partial charge in [-0.1, -0.05) is 12.1 Å². The Hall–Kier alpha value is -1.92. The summed E-state index contributed by atoms with van der Waals surface area (Å²) in [6.45, 7) is 6.11. The molecule has 4 nitrogen and oxygen atoms in total. The van der Waals surface area contributed by atoms with Gasteiger partial charge in [-0.05, 0) is 64.2 Å². The maximum absolute atomic E-state index is 12.3. The SMILES string of the molecule is CC(C)(C)OC(=O)N1CCC[C@H]1CCc1cccc(OC(F)(F)F)c1. The molecule has 1 aromatic carbocycles. The monoisotopic (exact) mass is 359 g/mol. The molecule has 0 bridgehead atoms. The van der Waals surface area contributed by atoms with Crippen LogP contribution in [0.2, 0.25) is 0 Å². The Kier molecular flexibility index (Phi) is 5.85. The number of aryl methyl sites for hydroxylation is 1. The molecule has 1 heterocycles. The normalized spacial score (nSPS) is 18.3. The van der Waals surface area contributed by atoms with Crippen LogP contribution in [0.4, 0.5) is 18.0 Å². The molecule has 1 aromatic rings. The minimum Gasteiger partial charge on any atom is -0.444 e. The van der Waals surface area contributed by atoms with E-state index in [0.29, 0.717) is 19.4 Å². The van der Waals surface area contributed by atoms with Gasteiger partial charge in [0, 0.05) is 12.6 Å². The van der Waals surface area contributed by atoms with Gasteiger partial charge in [-0.15, -0.1) is 13.2 Å². The summed E-state index contributed by atoms with van der Waals surface area (Å²) in [5, 5.41) is 0. The van der Waals surface area contributed by atoms with E-state index in [9.17, 15) is 18.0 Å². The van der Waals surface area contributed by atoms with Gasteiger partial charge < -0.3 is 14.4 Å². The molecule has 0 saturated carbocycles. The average molecular weight is 359 g/mol. The van der Waals surface area contributed by atoms with Crippen LogP contribution < -0.4 is 4.74 Å². The van der Waals surface area contributed by atoms with Crippen LogP contribution in [0.3, 0.4) is 0 Å². The second-order valence-electron chi connectivity index (χ2n) is 7.20. The summed E-state index contributed by atoms with van der Waals surface area (Å²) in [5.74, 6) is -0.222. The molecule has 2 rings (SSSR count). The third-order valence-corrected chi connectivity index (χ3v) is 3.90. The van der Waals surface area contributed by atoms with Crippen molar-refractivity contribution in [2.24, 2.45) is 0 Å². The summed E-state index contributed by atoms with van der Waals surface area (Å²) in [6.07, 6.45) is -2.01. The highest BCUT2D eigenvalue weighted by Gasteiger charge is 2.32. The van der Waals surface area contributed by atoms with Crippen LogP contribution in [0.5, 0.6) is 5.75 Å². The van der Waals surface area contributed by atoms with Gasteiger partial charge >= 0.3 is 12.5 Å². The van der Waals surface area contributed by atoms with E-state index in [1.807, 2.05) is 20.8 Å². The molecule has 0 radical (unpaired) electrons. The number of alkyl halides is 3. The standard InChI is InChI=1S/C18H24F3NO3/c1-17(2,3)25-16(23)22-11-5-7-14(22)10-9-13-6-4-8-15(12-13)24-18(19,20)21/h4,6,8,12,14H,5,7,9-11H2,1-3H3/t14-/m0/s1. The maximum atomic E-state index is 12.3. The molecule has 1 fully saturated rings. The van der Waals surface area contributed by atoms with Gasteiger partial charge in [0.05, 0.1) is 0 Å². The van der Waals surface area contributed by atoms with Crippen molar-refractivity contribution in [1.29, 1.82) is 0 Å². The number of carbonyl (C=O) groups excluding carboxylic acids is 1. The van der Waals surface area contributed by atoms with Crippen LogP contribution in [-0.4, -0.2) is 35.5 Å². The number of amides is 1. The fourth-order valence-electron chi connectivity index (χ4n) is 2.93. The lowest BCUT2D eigenvalue weighted by molar-refractivity contribution is -0.274. The zero-order valence-corrected chi connectivity index (χ0v) is 14.7. The van der Waals surface area contributed by atoms with Crippen molar-refractivity contribution in [3.63, 3.8) is 0 Å². The predicted octanol–water partition coefficient (Wildman–Crippen LogP) is 4.92. The van der Waals surface area contributed by atoms with E-state index in [0.717, 1.165) is 18.4 Å². The molecular formula is C18H24F3NO3. The largest absolute Gasteiger partial charge is 0.573 e. The zero-order chi connectivity index (χ0) is 18.7. The van der Waals surface area contributed by atoms with Crippen molar-refractivity contribution in [2.45, 2.75) is 64.5 Å². The third-order valence-electron chi connectivity index (χ3n) is 3.90. The lowest BCUT2D eigenvalue weighted by atomic mass is 10.0. The van der Waals surface area contributed by atoms with Crippen LogP contribution in [-0.2, 0) is 11.2 Å². The Bertz CT molecular complexity index is 596. The fourth-order valence-corrected chi connectivity index (χ4v) is 2.93. The molecule has 1 aliphatic rings. The highest BCUT2D eigenvalue weighted by molar-refractivity contribution is 5.68. The van der Waals surface area contributed by atoms with Crippen molar-refractivity contribution >= 4 is 6.09 Å². The fraction of sp³-hybridized carbons (Fsp3) is 0.611. The quantitative estimate of drug-likeness (QED) is 0.766. The molecule has 1 amide bonds. The maximum Gasteiger partial charge on any atom is 0.573 e. The zero-order valence-electron chi connectivity index (χ0n) is 14.7. The summed E-state index contributed by atoms with van der Waals surface area (Å²) >= 11 is 0. The van der Waals surface area contributed by atoms with E-state index in [-0.39, 0.29) is 17.9 Å². The first kappa shape index (κ1) is 19.4. The highest BCUT2D eigenvalue weighted by atomic mass is 19.4. The Morgan fingerprint density at radius 1 is 1.28 bits per heavy atom. The van der Waals surface area contributed by atoms with Crippen LogP contribution >= 0.6 is 0 Å². The molecule has 1 aliphatic heterocycles. The Labute approximate surface area is 145 Å². The van der Waals surface area contributed by atoms with E-state index in [1.165, 1.54) is 18.2 Å². The molecule has 140 valence electrons. The van der Waals surface area contributed by atoms with Crippen molar-refractivity contribution < 1.29 is 27.4 Å². The highest BCUT2D eigenvalue weighted by Crippen LogP contribution is 2.27. The number of carbonyl (C=O) groups is 1. The molecule has 25 heavy (non-hydrogen) atoms. The van der Waals surface area contributed by atoms with Gasteiger partial charge in [-0.3, -0.25) is 0 Å². The molecule has 0 unspecified atom stereocenters. The van der Waals surface area contributed by atoms with E-state index in [1.54, 1.807) is 11.0 Å². The smallest absolute Gasteiger partial charge is 0.444 e. The topological polar surface area (TPSA) is 38.8 Å². The van der Waals surface area contributed by atoms with Gasteiger partial charge in [-0.25, -0.2) is 4.79 Å². The second kappa shape index (κ2) is 7.54. The summed E-state index contributed by atoms with van der Waals surface area (Å²) in [5.41, 5.74) is 0.200. The minimum atomic E-state index is -4.70. The first-order chi connectivity index (χ1) is 11.5. The Morgan fingerprint density at radius 2 is 2.00 bits per heavy atom. The van der Waals surface area contributed by atoms with Gasteiger partial charge in [0.1, 0.15) is 11.4 Å². The molecule has 1 saturated heterocycles. The van der Waals surface area contributed by atoms with Crippen molar-refractivity contribution in [2.75, 3.05) is 6.54 Å². The van der Waals surface area contributed by atoms with Crippen LogP contribution in [0.1, 0.15) is 45.6 Å². The van der Waals surface area contributed by atoms with Crippen molar-refractivity contribution in [1.82, 2.24) is 4.90 Å². The molecule has 1 atom stereocenters. The Morgan fingerprint density at radius 3 is 2.64 bits per heavy atom. The number of likely N-dealkylation sites (tertiary alicyclic amines) is 1. The van der Waals surface area contributed by atoms with Gasteiger partial charge in [0.15, 0.2) is 0 Å². The van der Waals surface area contributed by atoms with E-state index in [2.05, 4.69) is 4.74 Å². The summed E-state index contributed by atoms with van der Waals surface area (Å²) in [7, 11) is 0. The number of rotatable bonds is 4. The number of benzene rings is 1. The first-order valence-electron chi connectivity index (χ1n) is 8.38. The van der Waals surface area contributed by atoms with Crippen LogP contribution in [0.25, 0.3) is 0 Å². The van der Waals surface area contributed by atoms with E-state index >= 15 is 0 Å². The number of hydrogen-bond acceptors (Lipinski definition) is 3. The Balaban J connectivity index is 1.94. The van der Waals surface area contributed by atoms with Gasteiger partial charge in [-0.2, -0.15) is 0 Å². The van der Waals surface area contributed by atoms with Gasteiger partial charge in [0.25, 0.3) is 0 Å². The lowest BCUT2D eigenvalue weighted by Gasteiger charge is -2.28. The van der Waals surface area contributed by atoms with Crippen LogP contribution in [0.15, 0.2) is 24.3 Å². The summed E-state index contributed by atoms with van der Waals surface area (Å²) < 4.78 is 46.3. The summed E-state index contributed by atoms with van der Waals surface area (Å²) in [6, 6.07) is 6.01. The third kappa shape index (κ3) is 6.48. The molecular weight excluding hydrogens is 335 g/mol. The summed E-state index contributed by atoms with van der Waals surface area (Å²) in [4.78, 5) is 14.0. The molecule has 7 heteroatoms. The minimum absolute atomic E-state index is 0.0436. The molecule has 0 aromatic heterocycles. The predicted molar refractivity (Wildman–Crippen MR) is 87.4 cm³/mol. The number of nitrogens with zero attached hydrogens (tertiary/aromatic N) is 1. The van der Waals surface area contributed by atoms with Gasteiger partial charge in [0.2, 0.25) is 0 Å². The van der Waals surface area contributed by atoms with E-state index < -0.39 is 12.0 Å². The average Bonchev–Trinajstić information content (AvgIpc) is 2.90. The lowest BCUT2D eigenvalue weighted by Crippen LogP contribution is -2.40. The number of halogens is 3. The van der Waals surface area contributed by atoms with Crippen molar-refractivity contribution in [3.8, 4) is 5.75 Å². The molecule has 0 spiro atoms. The number of ether oxygens (including phenoxy) is 2. The van der Waals surface area contributed by atoms with Crippen LogP contribution in [0, 0.1) is 0 Å². The number of hydrogen-bond donors (Lipinski definition) is 0. The first-order valence-corrected chi connectivity index (χ1v) is 8.38. The second-order valence-corrected chi connectivity index (χ2v) is 7.20. The molecule has 0 N–H and O–H groups in total. The van der Waals surface area contributed by atoms with Crippen molar-refractivity contribution in [3.05, 3.63) is 29.8 Å². The van der Waals surface area contributed by atoms with E-state index in [4.69, 9.17) is 4.74 Å².